The van der Waals surface area contributed by atoms with Gasteiger partial charge >= 0.3 is 0 Å². The van der Waals surface area contributed by atoms with E-state index in [1.807, 2.05) is 0 Å². The Morgan fingerprint density at radius 1 is 1.39 bits per heavy atom. The molecule has 0 spiro atoms. The van der Waals surface area contributed by atoms with E-state index >= 15 is 0 Å². The second kappa shape index (κ2) is 5.05. The summed E-state index contributed by atoms with van der Waals surface area (Å²) in [6.07, 6.45) is 5.24. The van der Waals surface area contributed by atoms with Crippen LogP contribution in [0.1, 0.15) is 37.2 Å². The maximum Gasteiger partial charge on any atom is 0.142 e. The minimum absolute atomic E-state index is 0.661. The van der Waals surface area contributed by atoms with Crippen molar-refractivity contribution in [1.29, 1.82) is 0 Å². The van der Waals surface area contributed by atoms with Crippen molar-refractivity contribution >= 4 is 22.4 Å². The molecule has 4 nitrogen and oxygen atoms in total. The fourth-order valence-electron chi connectivity index (χ4n) is 2.17. The molecule has 0 amide bonds. The Hall–Kier alpha value is -0.810. The first-order valence-corrected chi connectivity index (χ1v) is 7.57. The molecule has 5 heteroatoms. The molecule has 2 aliphatic carbocycles. The smallest absolute Gasteiger partial charge is 0.142 e. The first-order chi connectivity index (χ1) is 8.75. The minimum atomic E-state index is 0.661. The predicted molar refractivity (Wildman–Crippen MR) is 75.3 cm³/mol. The fourth-order valence-corrected chi connectivity index (χ4v) is 3.05. The van der Waals surface area contributed by atoms with E-state index in [1.54, 1.807) is 0 Å². The summed E-state index contributed by atoms with van der Waals surface area (Å²) in [7, 11) is 2.11. The summed E-state index contributed by atoms with van der Waals surface area (Å²) < 4.78 is 9.99. The van der Waals surface area contributed by atoms with Gasteiger partial charge in [0.15, 0.2) is 0 Å². The Bertz CT molecular complexity index is 412. The van der Waals surface area contributed by atoms with Crippen LogP contribution in [0.4, 0.5) is 10.8 Å². The van der Waals surface area contributed by atoms with Gasteiger partial charge in [0.25, 0.3) is 0 Å². The number of nitrogen functional groups attached to an aromatic ring is 1. The van der Waals surface area contributed by atoms with Crippen LogP contribution in [0.5, 0.6) is 0 Å². The number of hydrogen-bond acceptors (Lipinski definition) is 5. The molecule has 2 saturated carbocycles. The van der Waals surface area contributed by atoms with Gasteiger partial charge in [-0.25, -0.2) is 0 Å². The lowest BCUT2D eigenvalue weighted by Gasteiger charge is -2.18. The molecule has 0 bridgehead atoms. The molecule has 0 unspecified atom stereocenters. The summed E-state index contributed by atoms with van der Waals surface area (Å²) >= 11 is 1.52. The van der Waals surface area contributed by atoms with E-state index in [0.717, 1.165) is 31.5 Å². The van der Waals surface area contributed by atoms with Gasteiger partial charge in [-0.1, -0.05) is 0 Å². The van der Waals surface area contributed by atoms with Crippen molar-refractivity contribution in [2.75, 3.05) is 37.4 Å². The van der Waals surface area contributed by atoms with E-state index in [1.165, 1.54) is 47.8 Å². The largest absolute Gasteiger partial charge is 0.383 e. The zero-order valence-electron chi connectivity index (χ0n) is 10.9. The van der Waals surface area contributed by atoms with Crippen molar-refractivity contribution in [1.82, 2.24) is 4.37 Å². The first-order valence-electron chi connectivity index (χ1n) is 6.79. The lowest BCUT2D eigenvalue weighted by Crippen LogP contribution is -2.23. The average Bonchev–Trinajstić information content (AvgIpc) is 3.25. The fraction of sp³-hybridized carbons (Fsp3) is 0.769. The molecule has 1 aromatic rings. The second-order valence-electron chi connectivity index (χ2n) is 5.50. The van der Waals surface area contributed by atoms with Gasteiger partial charge in [0.1, 0.15) is 10.8 Å². The van der Waals surface area contributed by atoms with Crippen molar-refractivity contribution in [2.24, 2.45) is 5.92 Å². The van der Waals surface area contributed by atoms with E-state index in [2.05, 4.69) is 16.3 Å². The second-order valence-corrected chi connectivity index (χ2v) is 6.25. The molecule has 1 heterocycles. The highest BCUT2D eigenvalue weighted by Crippen LogP contribution is 2.48. The molecular formula is C13H21N3OS. The summed E-state index contributed by atoms with van der Waals surface area (Å²) in [5, 5.41) is 1.24. The van der Waals surface area contributed by atoms with Crippen LogP contribution in [0.3, 0.4) is 0 Å². The molecule has 0 aromatic carbocycles. The average molecular weight is 267 g/mol. The van der Waals surface area contributed by atoms with Crippen LogP contribution in [0, 0.1) is 5.92 Å². The third kappa shape index (κ3) is 2.78. The van der Waals surface area contributed by atoms with Crippen LogP contribution < -0.4 is 10.6 Å². The van der Waals surface area contributed by atoms with E-state index in [-0.39, 0.29) is 0 Å². The van der Waals surface area contributed by atoms with Crippen LogP contribution in [-0.2, 0) is 4.74 Å². The lowest BCUT2D eigenvalue weighted by atomic mass is 10.2. The molecule has 100 valence electrons. The maximum absolute atomic E-state index is 5.96. The van der Waals surface area contributed by atoms with Crippen molar-refractivity contribution in [3.05, 3.63) is 5.56 Å². The number of aromatic nitrogens is 1. The number of ether oxygens (including phenoxy) is 1. The zero-order valence-corrected chi connectivity index (χ0v) is 11.7. The van der Waals surface area contributed by atoms with E-state index in [0.29, 0.717) is 5.92 Å². The summed E-state index contributed by atoms with van der Waals surface area (Å²) in [6.45, 7) is 2.66. The van der Waals surface area contributed by atoms with Gasteiger partial charge in [0.2, 0.25) is 0 Å². The number of nitrogens with zero attached hydrogens (tertiary/aromatic N) is 2. The normalized spacial score (nSPS) is 19.2. The van der Waals surface area contributed by atoms with Gasteiger partial charge in [-0.15, -0.1) is 0 Å². The van der Waals surface area contributed by atoms with Gasteiger partial charge in [0, 0.05) is 25.8 Å². The maximum atomic E-state index is 5.96. The van der Waals surface area contributed by atoms with Crippen LogP contribution in [-0.4, -0.2) is 31.2 Å². The molecule has 0 saturated heterocycles. The third-order valence-electron chi connectivity index (χ3n) is 3.69. The minimum Gasteiger partial charge on any atom is -0.383 e. The van der Waals surface area contributed by atoms with Crippen LogP contribution in [0.2, 0.25) is 0 Å². The Morgan fingerprint density at radius 3 is 2.83 bits per heavy atom. The number of hydrogen-bond donors (Lipinski definition) is 1. The van der Waals surface area contributed by atoms with E-state index in [4.69, 9.17) is 10.5 Å². The molecule has 1 aromatic heterocycles. The highest BCUT2D eigenvalue weighted by molar-refractivity contribution is 7.10. The van der Waals surface area contributed by atoms with E-state index in [9.17, 15) is 0 Å². The Morgan fingerprint density at radius 2 is 2.17 bits per heavy atom. The molecule has 18 heavy (non-hydrogen) atoms. The van der Waals surface area contributed by atoms with Gasteiger partial charge in [-0.2, -0.15) is 4.37 Å². The Balaban J connectivity index is 1.52. The highest BCUT2D eigenvalue weighted by Gasteiger charge is 2.31. The Labute approximate surface area is 112 Å². The van der Waals surface area contributed by atoms with Crippen molar-refractivity contribution in [2.45, 2.75) is 31.6 Å². The lowest BCUT2D eigenvalue weighted by molar-refractivity contribution is 0.131. The first kappa shape index (κ1) is 12.2. The number of nitrogens with two attached hydrogens (primary N) is 1. The zero-order chi connectivity index (χ0) is 12.5. The predicted octanol–water partition coefficient (Wildman–Crippen LogP) is 2.47. The molecule has 0 aliphatic heterocycles. The standard InChI is InChI=1S/C13H21N3OS/c1-16(6-7-17-8-9-2-3-9)13-11(10-4-5-10)12(14)15-18-13/h9-10H,2-8H2,1H3,(H2,14,15). The SMILES string of the molecule is CN(CCOCC1CC1)c1snc(N)c1C1CC1. The molecule has 3 rings (SSSR count). The van der Waals surface area contributed by atoms with E-state index < -0.39 is 0 Å². The van der Waals surface area contributed by atoms with Crippen molar-refractivity contribution in [3.8, 4) is 0 Å². The van der Waals surface area contributed by atoms with Crippen LogP contribution in [0.25, 0.3) is 0 Å². The summed E-state index contributed by atoms with van der Waals surface area (Å²) in [4.78, 5) is 2.24. The molecule has 2 aliphatic rings. The summed E-state index contributed by atoms with van der Waals surface area (Å²) in [5.74, 6) is 2.24. The summed E-state index contributed by atoms with van der Waals surface area (Å²) in [6, 6.07) is 0. The number of rotatable bonds is 7. The van der Waals surface area contributed by atoms with Crippen molar-refractivity contribution < 1.29 is 4.74 Å². The number of likely N-dealkylation sites (N-methyl/N-ethyl adjacent to an activating group) is 1. The highest BCUT2D eigenvalue weighted by atomic mass is 32.1. The molecule has 0 radical (unpaired) electrons. The number of anilines is 2. The topological polar surface area (TPSA) is 51.4 Å². The van der Waals surface area contributed by atoms with Gasteiger partial charge in [-0.3, -0.25) is 0 Å². The van der Waals surface area contributed by atoms with Gasteiger partial charge < -0.3 is 15.4 Å². The van der Waals surface area contributed by atoms with Crippen LogP contribution >= 0.6 is 11.5 Å². The van der Waals surface area contributed by atoms with Crippen molar-refractivity contribution in [3.63, 3.8) is 0 Å². The van der Waals surface area contributed by atoms with Gasteiger partial charge in [0.05, 0.1) is 6.61 Å². The monoisotopic (exact) mass is 267 g/mol. The Kier molecular flexibility index (Phi) is 3.43. The van der Waals surface area contributed by atoms with Gasteiger partial charge in [-0.05, 0) is 49.1 Å². The quantitative estimate of drug-likeness (QED) is 0.771. The molecule has 0 atom stereocenters. The molecule has 2 N–H and O–H groups in total. The summed E-state index contributed by atoms with van der Waals surface area (Å²) in [5.41, 5.74) is 7.25. The van der Waals surface area contributed by atoms with Crippen LogP contribution in [0.15, 0.2) is 0 Å². The molecule has 2 fully saturated rings. The third-order valence-corrected chi connectivity index (χ3v) is 4.68. The molecular weight excluding hydrogens is 246 g/mol.